The molecule has 1 aliphatic heterocycles. The van der Waals surface area contributed by atoms with Crippen molar-refractivity contribution >= 4 is 17.2 Å². The molecule has 1 fully saturated rings. The lowest BCUT2D eigenvalue weighted by atomic mass is 10.4. The molecule has 2 heterocycles. The second-order valence-corrected chi connectivity index (χ2v) is 4.75. The number of carbonyl (C=O) groups excluding carboxylic acids is 1. The highest BCUT2D eigenvalue weighted by Gasteiger charge is 2.11. The molecule has 1 aliphatic rings. The number of hydroxylamine groups is 1. The molecule has 1 aromatic rings. The van der Waals surface area contributed by atoms with E-state index < -0.39 is 0 Å². The summed E-state index contributed by atoms with van der Waals surface area (Å²) in [7, 11) is 0. The fourth-order valence-electron chi connectivity index (χ4n) is 1.76. The van der Waals surface area contributed by atoms with E-state index >= 15 is 0 Å². The third-order valence-electron chi connectivity index (χ3n) is 2.62. The number of hydrogen-bond acceptors (Lipinski definition) is 4. The summed E-state index contributed by atoms with van der Waals surface area (Å²) in [5.41, 5.74) is 2.45. The van der Waals surface area contributed by atoms with E-state index in [1.54, 1.807) is 6.07 Å². The lowest BCUT2D eigenvalue weighted by molar-refractivity contribution is 0.0247. The molecule has 0 atom stereocenters. The minimum absolute atomic E-state index is 0.156. The number of likely N-dealkylation sites (tertiary alicyclic amines) is 1. The van der Waals surface area contributed by atoms with Crippen LogP contribution in [0.15, 0.2) is 17.5 Å². The summed E-state index contributed by atoms with van der Waals surface area (Å²) in [6.07, 6.45) is 2.56. The van der Waals surface area contributed by atoms with Gasteiger partial charge in [-0.05, 0) is 37.4 Å². The molecule has 2 rings (SSSR count). The van der Waals surface area contributed by atoms with Gasteiger partial charge in [-0.25, -0.2) is 5.48 Å². The van der Waals surface area contributed by atoms with Gasteiger partial charge in [0.25, 0.3) is 5.91 Å². The third-order valence-corrected chi connectivity index (χ3v) is 3.49. The van der Waals surface area contributed by atoms with Gasteiger partial charge >= 0.3 is 0 Å². The molecular formula is C11H16N2O2S. The zero-order chi connectivity index (χ0) is 11.2. The highest BCUT2D eigenvalue weighted by molar-refractivity contribution is 7.12. The smallest absolute Gasteiger partial charge is 0.284 e. The van der Waals surface area contributed by atoms with E-state index in [2.05, 4.69) is 10.4 Å². The Hall–Kier alpha value is -0.910. The largest absolute Gasteiger partial charge is 0.301 e. The van der Waals surface area contributed by atoms with E-state index in [1.165, 1.54) is 24.2 Å². The van der Waals surface area contributed by atoms with Crippen molar-refractivity contribution in [3.63, 3.8) is 0 Å². The number of rotatable bonds is 5. The van der Waals surface area contributed by atoms with Crippen molar-refractivity contribution in [1.29, 1.82) is 0 Å². The van der Waals surface area contributed by atoms with Gasteiger partial charge in [0.05, 0.1) is 11.5 Å². The standard InChI is InChI=1S/C11H16N2O2S/c14-11(10-4-3-9-16-10)12-15-8-7-13-5-1-2-6-13/h3-4,9H,1-2,5-8H2,(H,12,14). The summed E-state index contributed by atoms with van der Waals surface area (Å²) in [6.45, 7) is 3.76. The first kappa shape index (κ1) is 11.6. The Labute approximate surface area is 99.2 Å². The van der Waals surface area contributed by atoms with E-state index in [4.69, 9.17) is 4.84 Å². The van der Waals surface area contributed by atoms with Crippen molar-refractivity contribution in [3.8, 4) is 0 Å². The number of carbonyl (C=O) groups is 1. The van der Waals surface area contributed by atoms with Crippen molar-refractivity contribution < 1.29 is 9.63 Å². The first-order valence-corrected chi connectivity index (χ1v) is 6.42. The maximum atomic E-state index is 11.5. The molecule has 0 unspecified atom stereocenters. The number of hydrogen-bond donors (Lipinski definition) is 1. The van der Waals surface area contributed by atoms with Gasteiger partial charge in [-0.1, -0.05) is 6.07 Å². The number of nitrogens with zero attached hydrogens (tertiary/aromatic N) is 1. The summed E-state index contributed by atoms with van der Waals surface area (Å²) >= 11 is 1.41. The van der Waals surface area contributed by atoms with Crippen molar-refractivity contribution in [1.82, 2.24) is 10.4 Å². The summed E-state index contributed by atoms with van der Waals surface area (Å²) in [5, 5.41) is 1.87. The highest BCUT2D eigenvalue weighted by Crippen LogP contribution is 2.08. The molecule has 16 heavy (non-hydrogen) atoms. The summed E-state index contributed by atoms with van der Waals surface area (Å²) in [5.74, 6) is -0.156. The Bertz CT molecular complexity index is 321. The molecule has 1 saturated heterocycles. The van der Waals surface area contributed by atoms with E-state index in [9.17, 15) is 4.79 Å². The van der Waals surface area contributed by atoms with Gasteiger partial charge in [-0.15, -0.1) is 11.3 Å². The van der Waals surface area contributed by atoms with Crippen LogP contribution in [0.1, 0.15) is 22.5 Å². The lowest BCUT2D eigenvalue weighted by Crippen LogP contribution is -2.29. The Morgan fingerprint density at radius 1 is 1.50 bits per heavy atom. The zero-order valence-electron chi connectivity index (χ0n) is 9.15. The molecule has 0 aromatic carbocycles. The molecule has 4 nitrogen and oxygen atoms in total. The van der Waals surface area contributed by atoms with Gasteiger partial charge in [0.15, 0.2) is 0 Å². The molecule has 1 N–H and O–H groups in total. The summed E-state index contributed by atoms with van der Waals surface area (Å²) < 4.78 is 0. The van der Waals surface area contributed by atoms with Gasteiger partial charge in [0, 0.05) is 6.54 Å². The minimum Gasteiger partial charge on any atom is -0.301 e. The first-order valence-electron chi connectivity index (χ1n) is 5.54. The van der Waals surface area contributed by atoms with Crippen LogP contribution in [-0.2, 0) is 4.84 Å². The molecule has 0 aliphatic carbocycles. The first-order chi connectivity index (χ1) is 7.86. The van der Waals surface area contributed by atoms with Crippen LogP contribution in [0.4, 0.5) is 0 Å². The van der Waals surface area contributed by atoms with Crippen LogP contribution in [0.25, 0.3) is 0 Å². The van der Waals surface area contributed by atoms with Crippen molar-refractivity contribution in [2.45, 2.75) is 12.8 Å². The molecule has 0 saturated carbocycles. The highest BCUT2D eigenvalue weighted by atomic mass is 32.1. The Kier molecular flexibility index (Phi) is 4.33. The van der Waals surface area contributed by atoms with Crippen LogP contribution in [-0.4, -0.2) is 37.0 Å². The minimum atomic E-state index is -0.156. The van der Waals surface area contributed by atoms with Crippen LogP contribution in [0.5, 0.6) is 0 Å². The van der Waals surface area contributed by atoms with E-state index in [-0.39, 0.29) is 5.91 Å². The van der Waals surface area contributed by atoms with Crippen LogP contribution < -0.4 is 5.48 Å². The average molecular weight is 240 g/mol. The van der Waals surface area contributed by atoms with Gasteiger partial charge in [-0.3, -0.25) is 9.63 Å². The van der Waals surface area contributed by atoms with Gasteiger partial charge in [-0.2, -0.15) is 0 Å². The Morgan fingerprint density at radius 3 is 3.00 bits per heavy atom. The molecule has 1 amide bonds. The third kappa shape index (κ3) is 3.30. The Morgan fingerprint density at radius 2 is 2.31 bits per heavy atom. The monoisotopic (exact) mass is 240 g/mol. The maximum absolute atomic E-state index is 11.5. The fourth-order valence-corrected chi connectivity index (χ4v) is 2.37. The number of nitrogens with one attached hydrogen (secondary N) is 1. The predicted molar refractivity (Wildman–Crippen MR) is 63.4 cm³/mol. The quantitative estimate of drug-likeness (QED) is 0.626. The van der Waals surface area contributed by atoms with Crippen molar-refractivity contribution in [3.05, 3.63) is 22.4 Å². The van der Waals surface area contributed by atoms with Gasteiger partial charge < -0.3 is 4.90 Å². The molecule has 0 spiro atoms. The van der Waals surface area contributed by atoms with Crippen molar-refractivity contribution in [2.75, 3.05) is 26.2 Å². The molecule has 0 bridgehead atoms. The van der Waals surface area contributed by atoms with Gasteiger partial charge in [0.1, 0.15) is 0 Å². The summed E-state index contributed by atoms with van der Waals surface area (Å²) in [6, 6.07) is 3.63. The van der Waals surface area contributed by atoms with E-state index in [1.807, 2.05) is 11.4 Å². The zero-order valence-corrected chi connectivity index (χ0v) is 9.96. The average Bonchev–Trinajstić information content (AvgIpc) is 2.96. The maximum Gasteiger partial charge on any atom is 0.284 e. The molecule has 1 aromatic heterocycles. The van der Waals surface area contributed by atoms with Crippen LogP contribution in [0.3, 0.4) is 0 Å². The van der Waals surface area contributed by atoms with Gasteiger partial charge in [0.2, 0.25) is 0 Å². The van der Waals surface area contributed by atoms with Crippen LogP contribution in [0, 0.1) is 0 Å². The predicted octanol–water partition coefficient (Wildman–Crippen LogP) is 1.51. The molecular weight excluding hydrogens is 224 g/mol. The fraction of sp³-hybridized carbons (Fsp3) is 0.545. The lowest BCUT2D eigenvalue weighted by Gasteiger charge is -2.13. The topological polar surface area (TPSA) is 41.6 Å². The second kappa shape index (κ2) is 5.98. The normalized spacial score (nSPS) is 16.5. The molecule has 88 valence electrons. The number of thiophene rings is 1. The second-order valence-electron chi connectivity index (χ2n) is 3.81. The molecule has 5 heteroatoms. The number of amides is 1. The van der Waals surface area contributed by atoms with E-state index in [0.717, 1.165) is 19.6 Å². The van der Waals surface area contributed by atoms with Crippen LogP contribution in [0.2, 0.25) is 0 Å². The summed E-state index contributed by atoms with van der Waals surface area (Å²) in [4.78, 5) is 19.6. The van der Waals surface area contributed by atoms with Crippen LogP contribution >= 0.6 is 11.3 Å². The van der Waals surface area contributed by atoms with Crippen molar-refractivity contribution in [2.24, 2.45) is 0 Å². The van der Waals surface area contributed by atoms with E-state index in [0.29, 0.717) is 11.5 Å². The molecule has 0 radical (unpaired) electrons. The Balaban J connectivity index is 1.59. The SMILES string of the molecule is O=C(NOCCN1CCCC1)c1cccs1.